The van der Waals surface area contributed by atoms with Gasteiger partial charge in [0.05, 0.1) is 17.6 Å². The van der Waals surface area contributed by atoms with Crippen LogP contribution in [0.1, 0.15) is 53.6 Å². The number of benzene rings is 3. The summed E-state index contributed by atoms with van der Waals surface area (Å²) in [5.41, 5.74) is 7.15. The predicted molar refractivity (Wildman–Crippen MR) is 137 cm³/mol. The Labute approximate surface area is 200 Å². The van der Waals surface area contributed by atoms with Crippen molar-refractivity contribution in [1.82, 2.24) is 5.43 Å². The molecule has 33 heavy (non-hydrogen) atoms. The first-order chi connectivity index (χ1) is 16.2. The third kappa shape index (κ3) is 6.83. The zero-order valence-electron chi connectivity index (χ0n) is 18.6. The second kappa shape index (κ2) is 11.5. The van der Waals surface area contributed by atoms with Crippen LogP contribution in [0.2, 0.25) is 5.02 Å². The predicted octanol–water partition coefficient (Wildman–Crippen LogP) is 6.46. The number of amides is 1. The quantitative estimate of drug-likeness (QED) is 0.267. The van der Waals surface area contributed by atoms with E-state index in [1.807, 2.05) is 48.5 Å². The number of nitrogens with one attached hydrogen (secondary N) is 3. The molecule has 3 aromatic rings. The first-order valence-electron chi connectivity index (χ1n) is 11.4. The molecule has 170 valence electrons. The molecule has 1 aliphatic rings. The smallest absolute Gasteiger partial charge is 0.271 e. The number of carbonyl (C=O) groups excluding carboxylic acids is 1. The number of anilines is 2. The fourth-order valence-electron chi connectivity index (χ4n) is 4.00. The lowest BCUT2D eigenvalue weighted by Gasteiger charge is -2.25. The van der Waals surface area contributed by atoms with Gasteiger partial charge in [-0.05, 0) is 54.3 Å². The molecule has 1 saturated carbocycles. The van der Waals surface area contributed by atoms with Gasteiger partial charge in [-0.15, -0.1) is 0 Å². The lowest BCUT2D eigenvalue weighted by molar-refractivity contribution is 0.0955. The van der Waals surface area contributed by atoms with Gasteiger partial charge < -0.3 is 10.6 Å². The number of hydrogen-bond donors (Lipinski definition) is 3. The van der Waals surface area contributed by atoms with Crippen molar-refractivity contribution in [3.8, 4) is 0 Å². The number of rotatable bonds is 8. The van der Waals surface area contributed by atoms with Crippen molar-refractivity contribution in [2.24, 2.45) is 5.10 Å². The molecule has 0 aliphatic heterocycles. The lowest BCUT2D eigenvalue weighted by atomic mass is 9.95. The molecule has 1 aliphatic carbocycles. The third-order valence-electron chi connectivity index (χ3n) is 5.82. The lowest BCUT2D eigenvalue weighted by Crippen LogP contribution is -2.23. The number of carbonyl (C=O) groups is 1. The van der Waals surface area contributed by atoms with E-state index >= 15 is 0 Å². The summed E-state index contributed by atoms with van der Waals surface area (Å²) in [5, 5.41) is 11.9. The van der Waals surface area contributed by atoms with Crippen LogP contribution in [0, 0.1) is 0 Å². The number of halogens is 1. The minimum atomic E-state index is -0.257. The van der Waals surface area contributed by atoms with Crippen molar-refractivity contribution >= 4 is 35.1 Å². The van der Waals surface area contributed by atoms with Crippen LogP contribution in [-0.2, 0) is 6.54 Å². The van der Waals surface area contributed by atoms with E-state index in [4.69, 9.17) is 11.6 Å². The zero-order chi connectivity index (χ0) is 22.9. The highest BCUT2D eigenvalue weighted by Crippen LogP contribution is 2.28. The second-order valence-corrected chi connectivity index (χ2v) is 8.77. The SMILES string of the molecule is O=C(N/N=C/c1ccc(Cl)cc1)c1ccc(NC2CCCCC2)c(NCc2ccccc2)c1. The van der Waals surface area contributed by atoms with E-state index in [0.717, 1.165) is 16.9 Å². The van der Waals surface area contributed by atoms with E-state index in [-0.39, 0.29) is 5.91 Å². The molecule has 0 heterocycles. The monoisotopic (exact) mass is 460 g/mol. The van der Waals surface area contributed by atoms with E-state index in [1.165, 1.54) is 37.7 Å². The zero-order valence-corrected chi connectivity index (χ0v) is 19.3. The van der Waals surface area contributed by atoms with Gasteiger partial charge in [0.2, 0.25) is 0 Å². The number of nitrogens with zero attached hydrogens (tertiary/aromatic N) is 1. The molecule has 1 amide bonds. The number of hydrogen-bond acceptors (Lipinski definition) is 4. The minimum Gasteiger partial charge on any atom is -0.381 e. The average molecular weight is 461 g/mol. The standard InChI is InChI=1S/C27H29ClN4O/c28-23-14-11-21(12-15-23)19-30-32-27(33)22-13-16-25(31-24-9-5-2-6-10-24)26(17-22)29-18-20-7-3-1-4-8-20/h1,3-4,7-8,11-17,19,24,29,31H,2,5-6,9-10,18H2,(H,32,33)/b30-19+. The summed E-state index contributed by atoms with van der Waals surface area (Å²) in [5.74, 6) is -0.257. The van der Waals surface area contributed by atoms with Crippen LogP contribution in [0.4, 0.5) is 11.4 Å². The molecule has 3 aromatic carbocycles. The Kier molecular flexibility index (Phi) is 7.99. The molecule has 0 radical (unpaired) electrons. The van der Waals surface area contributed by atoms with E-state index in [0.29, 0.717) is 23.2 Å². The van der Waals surface area contributed by atoms with Gasteiger partial charge in [-0.3, -0.25) is 4.79 Å². The minimum absolute atomic E-state index is 0.257. The Morgan fingerprint density at radius 1 is 0.939 bits per heavy atom. The molecule has 0 saturated heterocycles. The maximum Gasteiger partial charge on any atom is 0.271 e. The molecule has 5 nitrogen and oxygen atoms in total. The first kappa shape index (κ1) is 22.9. The Balaban J connectivity index is 1.47. The van der Waals surface area contributed by atoms with Crippen LogP contribution in [0.15, 0.2) is 77.9 Å². The molecule has 0 aromatic heterocycles. The molecule has 0 spiro atoms. The van der Waals surface area contributed by atoms with Crippen molar-refractivity contribution < 1.29 is 4.79 Å². The first-order valence-corrected chi connectivity index (χ1v) is 11.8. The summed E-state index contributed by atoms with van der Waals surface area (Å²) < 4.78 is 0. The Morgan fingerprint density at radius 2 is 1.70 bits per heavy atom. The topological polar surface area (TPSA) is 65.5 Å². The molecule has 6 heteroatoms. The highest BCUT2D eigenvalue weighted by Gasteiger charge is 2.16. The van der Waals surface area contributed by atoms with Gasteiger partial charge in [-0.2, -0.15) is 5.10 Å². The van der Waals surface area contributed by atoms with Crippen molar-refractivity contribution in [2.45, 2.75) is 44.7 Å². The summed E-state index contributed by atoms with van der Waals surface area (Å²) >= 11 is 5.90. The Morgan fingerprint density at radius 3 is 2.45 bits per heavy atom. The summed E-state index contributed by atoms with van der Waals surface area (Å²) in [6, 6.07) is 23.7. The van der Waals surface area contributed by atoms with Crippen LogP contribution in [0.5, 0.6) is 0 Å². The molecule has 1 fully saturated rings. The fourth-order valence-corrected chi connectivity index (χ4v) is 4.12. The fraction of sp³-hybridized carbons (Fsp3) is 0.259. The van der Waals surface area contributed by atoms with E-state index in [1.54, 1.807) is 18.3 Å². The van der Waals surface area contributed by atoms with Gasteiger partial charge >= 0.3 is 0 Å². The Hall–Kier alpha value is -3.31. The second-order valence-electron chi connectivity index (χ2n) is 8.33. The highest BCUT2D eigenvalue weighted by atomic mass is 35.5. The van der Waals surface area contributed by atoms with Crippen molar-refractivity contribution in [3.63, 3.8) is 0 Å². The third-order valence-corrected chi connectivity index (χ3v) is 6.07. The van der Waals surface area contributed by atoms with Gasteiger partial charge in [0, 0.05) is 23.2 Å². The maximum atomic E-state index is 12.7. The maximum absolute atomic E-state index is 12.7. The van der Waals surface area contributed by atoms with Crippen LogP contribution < -0.4 is 16.1 Å². The van der Waals surface area contributed by atoms with Crippen molar-refractivity contribution in [2.75, 3.05) is 10.6 Å². The van der Waals surface area contributed by atoms with Crippen LogP contribution >= 0.6 is 11.6 Å². The van der Waals surface area contributed by atoms with Crippen molar-refractivity contribution in [3.05, 3.63) is 94.5 Å². The van der Waals surface area contributed by atoms with Gasteiger partial charge in [-0.1, -0.05) is 73.3 Å². The summed E-state index contributed by atoms with van der Waals surface area (Å²) in [7, 11) is 0. The van der Waals surface area contributed by atoms with Crippen LogP contribution in [-0.4, -0.2) is 18.2 Å². The molecular weight excluding hydrogens is 432 g/mol. The normalized spacial score (nSPS) is 14.2. The molecular formula is C27H29ClN4O. The summed E-state index contributed by atoms with van der Waals surface area (Å²) in [4.78, 5) is 12.7. The van der Waals surface area contributed by atoms with Crippen molar-refractivity contribution in [1.29, 1.82) is 0 Å². The molecule has 0 bridgehead atoms. The largest absolute Gasteiger partial charge is 0.381 e. The van der Waals surface area contributed by atoms with Crippen LogP contribution in [0.3, 0.4) is 0 Å². The molecule has 3 N–H and O–H groups in total. The van der Waals surface area contributed by atoms with Gasteiger partial charge in [-0.25, -0.2) is 5.43 Å². The summed E-state index contributed by atoms with van der Waals surface area (Å²) in [6.45, 7) is 0.681. The van der Waals surface area contributed by atoms with Gasteiger partial charge in [0.25, 0.3) is 5.91 Å². The van der Waals surface area contributed by atoms with Gasteiger partial charge in [0.15, 0.2) is 0 Å². The van der Waals surface area contributed by atoms with Gasteiger partial charge in [0.1, 0.15) is 0 Å². The Bertz CT molecular complexity index is 1080. The van der Waals surface area contributed by atoms with E-state index in [2.05, 4.69) is 33.3 Å². The van der Waals surface area contributed by atoms with Crippen LogP contribution in [0.25, 0.3) is 0 Å². The highest BCUT2D eigenvalue weighted by molar-refractivity contribution is 6.30. The molecule has 0 unspecified atom stereocenters. The summed E-state index contributed by atoms with van der Waals surface area (Å²) in [6.07, 6.45) is 7.79. The number of hydrazone groups is 1. The van der Waals surface area contributed by atoms with E-state index < -0.39 is 0 Å². The molecule has 4 rings (SSSR count). The average Bonchev–Trinajstić information content (AvgIpc) is 2.86. The van der Waals surface area contributed by atoms with E-state index in [9.17, 15) is 4.79 Å². The molecule has 0 atom stereocenters.